The highest BCUT2D eigenvalue weighted by atomic mass is 32.1. The maximum absolute atomic E-state index is 4.47. The van der Waals surface area contributed by atoms with Gasteiger partial charge in [0.2, 0.25) is 0 Å². The van der Waals surface area contributed by atoms with Gasteiger partial charge in [-0.3, -0.25) is 0 Å². The van der Waals surface area contributed by atoms with Gasteiger partial charge in [0.15, 0.2) is 0 Å². The lowest BCUT2D eigenvalue weighted by Gasteiger charge is -2.00. The topological polar surface area (TPSA) is 25.8 Å². The minimum Gasteiger partial charge on any atom is -0.241 e. The average molecular weight is 204 g/mol. The van der Waals surface area contributed by atoms with E-state index in [1.165, 1.54) is 0 Å². The first kappa shape index (κ1) is 9.46. The third-order valence-electron chi connectivity index (χ3n) is 2.10. The minimum atomic E-state index is 0.885. The molecule has 2 rings (SSSR count). The van der Waals surface area contributed by atoms with Crippen LogP contribution in [0.2, 0.25) is 0 Å². The van der Waals surface area contributed by atoms with Gasteiger partial charge in [-0.1, -0.05) is 18.2 Å². The van der Waals surface area contributed by atoms with Crippen molar-refractivity contribution in [2.75, 3.05) is 5.75 Å². The molecular weight excluding hydrogens is 192 g/mol. The van der Waals surface area contributed by atoms with Crippen molar-refractivity contribution in [3.05, 3.63) is 36.3 Å². The Morgan fingerprint density at radius 3 is 2.93 bits per heavy atom. The van der Waals surface area contributed by atoms with E-state index in [2.05, 4.69) is 22.6 Å². The summed E-state index contributed by atoms with van der Waals surface area (Å²) in [5, 5.41) is 1.10. The van der Waals surface area contributed by atoms with Gasteiger partial charge in [0.1, 0.15) is 5.82 Å². The Morgan fingerprint density at radius 2 is 2.07 bits per heavy atom. The number of hydrogen-bond acceptors (Lipinski definition) is 3. The van der Waals surface area contributed by atoms with Crippen LogP contribution in [0.3, 0.4) is 0 Å². The Bertz CT molecular complexity index is 428. The number of hydrogen-bond donors (Lipinski definition) is 1. The Balaban J connectivity index is 2.32. The molecule has 1 aromatic carbocycles. The maximum Gasteiger partial charge on any atom is 0.129 e. The van der Waals surface area contributed by atoms with E-state index in [0.29, 0.717) is 0 Å². The lowest BCUT2D eigenvalue weighted by Crippen LogP contribution is -1.95. The summed E-state index contributed by atoms with van der Waals surface area (Å²) >= 11 is 4.17. The monoisotopic (exact) mass is 204 g/mol. The third-order valence-corrected chi connectivity index (χ3v) is 2.41. The second kappa shape index (κ2) is 4.42. The summed E-state index contributed by atoms with van der Waals surface area (Å²) in [6, 6.07) is 8.04. The Kier molecular flexibility index (Phi) is 2.99. The highest BCUT2D eigenvalue weighted by Crippen LogP contribution is 2.10. The first-order valence-electron chi connectivity index (χ1n) is 4.71. The lowest BCUT2D eigenvalue weighted by molar-refractivity contribution is 0.853. The van der Waals surface area contributed by atoms with Gasteiger partial charge in [-0.05, 0) is 18.2 Å². The zero-order valence-electron chi connectivity index (χ0n) is 7.85. The van der Waals surface area contributed by atoms with Gasteiger partial charge in [0.05, 0.1) is 5.52 Å². The molecule has 0 atom stereocenters. The van der Waals surface area contributed by atoms with E-state index in [4.69, 9.17) is 0 Å². The zero-order valence-corrected chi connectivity index (χ0v) is 8.74. The van der Waals surface area contributed by atoms with Crippen LogP contribution in [0.4, 0.5) is 0 Å². The fourth-order valence-corrected chi connectivity index (χ4v) is 1.53. The molecule has 0 aliphatic rings. The van der Waals surface area contributed by atoms with Crippen LogP contribution in [0.1, 0.15) is 12.2 Å². The fourth-order valence-electron chi connectivity index (χ4n) is 1.37. The number of thiol groups is 1. The molecule has 72 valence electrons. The maximum atomic E-state index is 4.47. The summed E-state index contributed by atoms with van der Waals surface area (Å²) in [5.74, 6) is 1.80. The molecule has 0 N–H and O–H groups in total. The second-order valence-electron chi connectivity index (χ2n) is 3.17. The average Bonchev–Trinajstić information content (AvgIpc) is 2.26. The molecule has 0 aliphatic carbocycles. The molecule has 0 radical (unpaired) electrons. The molecule has 14 heavy (non-hydrogen) atoms. The van der Waals surface area contributed by atoms with Crippen molar-refractivity contribution in [3.8, 4) is 0 Å². The van der Waals surface area contributed by atoms with E-state index in [0.717, 1.165) is 35.3 Å². The van der Waals surface area contributed by atoms with Gasteiger partial charge >= 0.3 is 0 Å². The van der Waals surface area contributed by atoms with Crippen molar-refractivity contribution in [2.45, 2.75) is 12.8 Å². The molecular formula is C11H12N2S. The Hall–Kier alpha value is -1.09. The highest BCUT2D eigenvalue weighted by molar-refractivity contribution is 7.80. The number of aryl methyl sites for hydroxylation is 1. The fraction of sp³-hybridized carbons (Fsp3) is 0.273. The SMILES string of the molecule is SCCCc1ncc2ccccc2n1. The zero-order chi connectivity index (χ0) is 9.80. The summed E-state index contributed by atoms with van der Waals surface area (Å²) in [6.07, 6.45) is 3.83. The molecule has 1 heterocycles. The minimum absolute atomic E-state index is 0.885. The smallest absolute Gasteiger partial charge is 0.129 e. The van der Waals surface area contributed by atoms with Crippen LogP contribution in [0.5, 0.6) is 0 Å². The second-order valence-corrected chi connectivity index (χ2v) is 3.62. The molecule has 0 aliphatic heterocycles. The van der Waals surface area contributed by atoms with Crippen LogP contribution >= 0.6 is 12.6 Å². The third kappa shape index (κ3) is 2.04. The predicted octanol–water partition coefficient (Wildman–Crippen LogP) is 2.49. The van der Waals surface area contributed by atoms with Crippen molar-refractivity contribution in [2.24, 2.45) is 0 Å². The highest BCUT2D eigenvalue weighted by Gasteiger charge is 1.98. The van der Waals surface area contributed by atoms with Crippen molar-refractivity contribution in [1.29, 1.82) is 0 Å². The Morgan fingerprint density at radius 1 is 1.21 bits per heavy atom. The van der Waals surface area contributed by atoms with E-state index in [9.17, 15) is 0 Å². The molecule has 0 amide bonds. The molecule has 0 bridgehead atoms. The largest absolute Gasteiger partial charge is 0.241 e. The molecule has 0 saturated heterocycles. The van der Waals surface area contributed by atoms with Crippen LogP contribution in [0, 0.1) is 0 Å². The van der Waals surface area contributed by atoms with E-state index >= 15 is 0 Å². The van der Waals surface area contributed by atoms with Crippen LogP contribution in [-0.4, -0.2) is 15.7 Å². The van der Waals surface area contributed by atoms with Gasteiger partial charge < -0.3 is 0 Å². The van der Waals surface area contributed by atoms with Crippen molar-refractivity contribution in [3.63, 3.8) is 0 Å². The van der Waals surface area contributed by atoms with Crippen LogP contribution in [-0.2, 0) is 6.42 Å². The molecule has 2 aromatic rings. The summed E-state index contributed by atoms with van der Waals surface area (Å²) in [5.41, 5.74) is 1.02. The number of aromatic nitrogens is 2. The number of benzene rings is 1. The number of fused-ring (bicyclic) bond motifs is 1. The van der Waals surface area contributed by atoms with Crippen LogP contribution in [0.15, 0.2) is 30.5 Å². The first-order valence-corrected chi connectivity index (χ1v) is 5.35. The molecule has 0 spiro atoms. The number of nitrogens with zero attached hydrogens (tertiary/aromatic N) is 2. The van der Waals surface area contributed by atoms with E-state index in [1.54, 1.807) is 0 Å². The Labute approximate surface area is 88.8 Å². The molecule has 0 saturated carbocycles. The molecule has 1 aromatic heterocycles. The summed E-state index contributed by atoms with van der Waals surface area (Å²) < 4.78 is 0. The summed E-state index contributed by atoms with van der Waals surface area (Å²) in [6.45, 7) is 0. The van der Waals surface area contributed by atoms with Gasteiger partial charge in [-0.15, -0.1) is 0 Å². The number of rotatable bonds is 3. The number of para-hydroxylation sites is 1. The molecule has 3 heteroatoms. The van der Waals surface area contributed by atoms with Crippen molar-refractivity contribution in [1.82, 2.24) is 9.97 Å². The summed E-state index contributed by atoms with van der Waals surface area (Å²) in [7, 11) is 0. The van der Waals surface area contributed by atoms with Gasteiger partial charge in [0, 0.05) is 18.0 Å². The first-order chi connectivity index (χ1) is 6.90. The van der Waals surface area contributed by atoms with Gasteiger partial charge in [0.25, 0.3) is 0 Å². The molecule has 0 unspecified atom stereocenters. The van der Waals surface area contributed by atoms with Crippen LogP contribution < -0.4 is 0 Å². The van der Waals surface area contributed by atoms with Crippen molar-refractivity contribution >= 4 is 23.5 Å². The van der Waals surface area contributed by atoms with E-state index in [1.807, 2.05) is 30.5 Å². The predicted molar refractivity (Wildman–Crippen MR) is 61.7 cm³/mol. The standard InChI is InChI=1S/C11H12N2S/c14-7-3-6-11-12-8-9-4-1-2-5-10(9)13-11/h1-2,4-5,8,14H,3,6-7H2. The quantitative estimate of drug-likeness (QED) is 0.777. The van der Waals surface area contributed by atoms with E-state index < -0.39 is 0 Å². The molecule has 2 nitrogen and oxygen atoms in total. The normalized spacial score (nSPS) is 10.6. The summed E-state index contributed by atoms with van der Waals surface area (Å²) in [4.78, 5) is 8.77. The lowest BCUT2D eigenvalue weighted by atomic mass is 10.2. The van der Waals surface area contributed by atoms with Gasteiger partial charge in [-0.25, -0.2) is 9.97 Å². The van der Waals surface area contributed by atoms with Crippen molar-refractivity contribution < 1.29 is 0 Å². The molecule has 0 fully saturated rings. The van der Waals surface area contributed by atoms with E-state index in [-0.39, 0.29) is 0 Å². The van der Waals surface area contributed by atoms with Gasteiger partial charge in [-0.2, -0.15) is 12.6 Å². The van der Waals surface area contributed by atoms with Crippen LogP contribution in [0.25, 0.3) is 10.9 Å².